The van der Waals surface area contributed by atoms with Gasteiger partial charge in [0.2, 0.25) is 27.7 Å². The molecule has 3 atom stereocenters. The smallest absolute Gasteiger partial charge is 0.308 e. The van der Waals surface area contributed by atoms with Gasteiger partial charge in [0.05, 0.1) is 21.5 Å². The van der Waals surface area contributed by atoms with E-state index in [9.17, 15) is 27.6 Å². The molecule has 3 N–H and O–H groups in total. The SMILES string of the molecule is NS(=O)(=O)c1ccc(NC(=O)Cn2c3c(sc2=O)[C@@H](c2ccc(Cl)cc2)[C@@H]2C(=O)N(c4ccc(Br)cc4)C(=O)[C@@H]2S3)cc1. The van der Waals surface area contributed by atoms with Crippen molar-refractivity contribution < 1.29 is 22.8 Å². The van der Waals surface area contributed by atoms with Gasteiger partial charge in [0.25, 0.3) is 0 Å². The van der Waals surface area contributed by atoms with E-state index < -0.39 is 43.8 Å². The van der Waals surface area contributed by atoms with Crippen LogP contribution in [0.4, 0.5) is 11.4 Å². The van der Waals surface area contributed by atoms with E-state index in [1.807, 2.05) is 0 Å². The van der Waals surface area contributed by atoms with Gasteiger partial charge >= 0.3 is 4.87 Å². The summed E-state index contributed by atoms with van der Waals surface area (Å²) in [6, 6.07) is 19.1. The van der Waals surface area contributed by atoms with Crippen molar-refractivity contribution in [1.82, 2.24) is 4.57 Å². The number of halogens is 2. The monoisotopic (exact) mass is 718 g/mol. The molecule has 0 saturated carbocycles. The Hall–Kier alpha value is -3.27. The predicted molar refractivity (Wildman–Crippen MR) is 168 cm³/mol. The summed E-state index contributed by atoms with van der Waals surface area (Å²) in [7, 11) is -3.90. The number of rotatable bonds is 6. The molecular formula is C28H20BrClN4O6S3. The highest BCUT2D eigenvalue weighted by molar-refractivity contribution is 9.10. The quantitative estimate of drug-likeness (QED) is 0.281. The van der Waals surface area contributed by atoms with Crippen molar-refractivity contribution in [3.05, 3.63) is 102 Å². The minimum absolute atomic E-state index is 0.110. The van der Waals surface area contributed by atoms with Crippen LogP contribution in [0.5, 0.6) is 0 Å². The van der Waals surface area contributed by atoms with Crippen molar-refractivity contribution in [1.29, 1.82) is 0 Å². The number of nitrogens with zero attached hydrogens (tertiary/aromatic N) is 2. The maximum Gasteiger partial charge on any atom is 0.308 e. The number of nitrogens with one attached hydrogen (secondary N) is 1. The van der Waals surface area contributed by atoms with E-state index in [-0.39, 0.29) is 17.3 Å². The molecule has 0 radical (unpaired) electrons. The number of thiazole rings is 1. The first-order chi connectivity index (χ1) is 20.4. The highest BCUT2D eigenvalue weighted by Crippen LogP contribution is 2.54. The lowest BCUT2D eigenvalue weighted by molar-refractivity contribution is -0.122. The first-order valence-electron chi connectivity index (χ1n) is 12.6. The molecule has 220 valence electrons. The number of primary sulfonamides is 1. The van der Waals surface area contributed by atoms with Gasteiger partial charge in [-0.25, -0.2) is 18.5 Å². The zero-order valence-electron chi connectivity index (χ0n) is 21.8. The van der Waals surface area contributed by atoms with E-state index in [4.69, 9.17) is 16.7 Å². The average molecular weight is 720 g/mol. The highest BCUT2D eigenvalue weighted by Gasteiger charge is 2.56. The molecule has 0 unspecified atom stereocenters. The van der Waals surface area contributed by atoms with E-state index in [1.54, 1.807) is 48.5 Å². The van der Waals surface area contributed by atoms with Crippen molar-refractivity contribution in [3.63, 3.8) is 0 Å². The van der Waals surface area contributed by atoms with E-state index in [0.29, 0.717) is 31.9 Å². The highest BCUT2D eigenvalue weighted by atomic mass is 79.9. The lowest BCUT2D eigenvalue weighted by atomic mass is 9.83. The molecule has 0 aliphatic carbocycles. The van der Waals surface area contributed by atoms with Crippen LogP contribution in [-0.2, 0) is 31.0 Å². The van der Waals surface area contributed by atoms with Gasteiger partial charge in [0.15, 0.2) is 0 Å². The van der Waals surface area contributed by atoms with Crippen molar-refractivity contribution in [3.8, 4) is 0 Å². The molecule has 0 bridgehead atoms. The fourth-order valence-corrected chi connectivity index (χ4v) is 8.88. The second kappa shape index (κ2) is 11.3. The number of benzene rings is 3. The van der Waals surface area contributed by atoms with Crippen LogP contribution in [0.3, 0.4) is 0 Å². The molecule has 6 rings (SSSR count). The summed E-state index contributed by atoms with van der Waals surface area (Å²) < 4.78 is 25.2. The Kier molecular flexibility index (Phi) is 7.85. The maximum atomic E-state index is 13.9. The number of nitrogens with two attached hydrogens (primary N) is 1. The van der Waals surface area contributed by atoms with Gasteiger partial charge in [0, 0.05) is 26.0 Å². The normalized spacial score (nSPS) is 19.7. The standard InChI is InChI=1S/C28H20BrClN4O6S3/c29-15-3-9-18(10-4-15)34-25(36)22-21(14-1-5-16(30)6-2-14)24-27(41-23(22)26(34)37)33(28(38)42-24)13-20(35)32-17-7-11-19(12-8-17)43(31,39)40/h1-12,21-23H,13H2,(H,32,35)(H2,31,39,40)/t21-,22-,23+/m0/s1. The van der Waals surface area contributed by atoms with Crippen molar-refractivity contribution in [2.45, 2.75) is 27.6 Å². The molecule has 3 heterocycles. The number of fused-ring (bicyclic) bond motifs is 2. The van der Waals surface area contributed by atoms with Gasteiger partial charge < -0.3 is 5.32 Å². The molecule has 1 aromatic heterocycles. The Balaban J connectivity index is 1.36. The number of carbonyl (C=O) groups is 3. The van der Waals surface area contributed by atoms with Crippen LogP contribution in [0.25, 0.3) is 0 Å². The molecule has 4 aromatic rings. The van der Waals surface area contributed by atoms with E-state index in [0.717, 1.165) is 27.6 Å². The van der Waals surface area contributed by atoms with Crippen LogP contribution < -0.4 is 20.2 Å². The summed E-state index contributed by atoms with van der Waals surface area (Å²) >= 11 is 11.6. The van der Waals surface area contributed by atoms with Crippen molar-refractivity contribution in [2.24, 2.45) is 11.1 Å². The molecule has 2 aliphatic heterocycles. The Morgan fingerprint density at radius 1 is 0.953 bits per heavy atom. The van der Waals surface area contributed by atoms with Crippen molar-refractivity contribution in [2.75, 3.05) is 10.2 Å². The van der Waals surface area contributed by atoms with Crippen LogP contribution >= 0.6 is 50.6 Å². The third kappa shape index (κ3) is 5.58. The second-order valence-electron chi connectivity index (χ2n) is 9.82. The largest absolute Gasteiger partial charge is 0.325 e. The van der Waals surface area contributed by atoms with Gasteiger partial charge in [-0.2, -0.15) is 0 Å². The van der Waals surface area contributed by atoms with Gasteiger partial charge in [-0.05, 0) is 66.2 Å². The lowest BCUT2D eigenvalue weighted by Crippen LogP contribution is -2.33. The topological polar surface area (TPSA) is 149 Å². The fourth-order valence-electron chi connectivity index (χ4n) is 5.20. The van der Waals surface area contributed by atoms with Crippen LogP contribution in [0.2, 0.25) is 5.02 Å². The van der Waals surface area contributed by atoms with Gasteiger partial charge in [-0.1, -0.05) is 62.8 Å². The zero-order chi connectivity index (χ0) is 30.6. The second-order valence-corrected chi connectivity index (χ2v) is 14.9. The molecule has 1 fully saturated rings. The molecule has 15 heteroatoms. The van der Waals surface area contributed by atoms with E-state index >= 15 is 0 Å². The number of carbonyl (C=O) groups excluding carboxylic acids is 3. The van der Waals surface area contributed by atoms with Gasteiger partial charge in [0.1, 0.15) is 11.8 Å². The van der Waals surface area contributed by atoms with Crippen LogP contribution in [0.1, 0.15) is 16.4 Å². The molecule has 0 spiro atoms. The Bertz CT molecular complexity index is 1940. The minimum atomic E-state index is -3.90. The zero-order valence-corrected chi connectivity index (χ0v) is 26.6. The molecule has 3 aromatic carbocycles. The number of thioether (sulfide) groups is 1. The summed E-state index contributed by atoms with van der Waals surface area (Å²) in [4.78, 5) is 55.3. The van der Waals surface area contributed by atoms with Crippen LogP contribution in [0.15, 0.2) is 92.0 Å². The molecule has 3 amide bonds. The minimum Gasteiger partial charge on any atom is -0.325 e. The summed E-state index contributed by atoms with van der Waals surface area (Å²) in [5, 5.41) is 7.88. The van der Waals surface area contributed by atoms with E-state index in [1.165, 1.54) is 33.7 Å². The Labute approximate surface area is 267 Å². The number of amides is 3. The summed E-state index contributed by atoms with van der Waals surface area (Å²) in [6.45, 7) is -0.363. The maximum absolute atomic E-state index is 13.9. The number of imide groups is 1. The number of anilines is 2. The molecular weight excluding hydrogens is 700 g/mol. The fraction of sp³-hybridized carbons (Fsp3) is 0.143. The summed E-state index contributed by atoms with van der Waals surface area (Å²) in [6.07, 6.45) is 0. The first-order valence-corrected chi connectivity index (χ1v) is 17.1. The number of aromatic nitrogens is 1. The predicted octanol–water partition coefficient (Wildman–Crippen LogP) is 4.41. The van der Waals surface area contributed by atoms with Gasteiger partial charge in [-0.3, -0.25) is 23.7 Å². The van der Waals surface area contributed by atoms with Crippen molar-refractivity contribution >= 4 is 89.7 Å². The number of sulfonamides is 1. The van der Waals surface area contributed by atoms with E-state index in [2.05, 4.69) is 21.2 Å². The molecule has 10 nitrogen and oxygen atoms in total. The lowest BCUT2D eigenvalue weighted by Gasteiger charge is -2.30. The Morgan fingerprint density at radius 3 is 2.23 bits per heavy atom. The first kappa shape index (κ1) is 29.8. The number of hydrogen-bond donors (Lipinski definition) is 2. The third-order valence-electron chi connectivity index (χ3n) is 7.13. The molecule has 2 aliphatic rings. The van der Waals surface area contributed by atoms with Crippen LogP contribution in [0, 0.1) is 5.92 Å². The third-order valence-corrected chi connectivity index (χ3v) is 11.4. The average Bonchev–Trinajstić information content (AvgIpc) is 3.40. The Morgan fingerprint density at radius 2 is 1.60 bits per heavy atom. The molecule has 43 heavy (non-hydrogen) atoms. The van der Waals surface area contributed by atoms with Crippen LogP contribution in [-0.4, -0.2) is 36.0 Å². The molecule has 1 saturated heterocycles. The number of hydrogen-bond acceptors (Lipinski definition) is 8. The summed E-state index contributed by atoms with van der Waals surface area (Å²) in [5.74, 6) is -2.72. The van der Waals surface area contributed by atoms with Gasteiger partial charge in [-0.15, -0.1) is 0 Å². The summed E-state index contributed by atoms with van der Waals surface area (Å²) in [5.41, 5.74) is 1.46.